The van der Waals surface area contributed by atoms with Gasteiger partial charge in [-0.25, -0.2) is 13.2 Å². The number of likely N-dealkylation sites (N-methyl/N-ethyl adjacent to an activating group) is 1. The zero-order valence-electron chi connectivity index (χ0n) is 27.1. The molecule has 3 aromatic rings. The molecule has 0 bridgehead atoms. The van der Waals surface area contributed by atoms with E-state index in [2.05, 4.69) is 45.4 Å². The second-order valence-electron chi connectivity index (χ2n) is 12.4. The summed E-state index contributed by atoms with van der Waals surface area (Å²) in [7, 11) is -3.26. The molecule has 0 radical (unpaired) electrons. The molecule has 1 unspecified atom stereocenters. The molecule has 0 aromatic heterocycles. The van der Waals surface area contributed by atoms with Crippen molar-refractivity contribution in [3.05, 3.63) is 96.1 Å². The predicted molar refractivity (Wildman–Crippen MR) is 183 cm³/mol. The van der Waals surface area contributed by atoms with Crippen LogP contribution in [0.5, 0.6) is 0 Å². The monoisotopic (exact) mass is 645 g/mol. The SMILES string of the molecule is CCN(C(=O)Cc1ccc(S(C)(=O)=O)cc1)C1CCN(CCC(c2ccccc2)N2CCN(C(=O)Nc3ccccc3)CC2)CC1. The van der Waals surface area contributed by atoms with Gasteiger partial charge in [-0.15, -0.1) is 0 Å². The first-order chi connectivity index (χ1) is 22.2. The summed E-state index contributed by atoms with van der Waals surface area (Å²) in [6.07, 6.45) is 4.36. The van der Waals surface area contributed by atoms with Crippen molar-refractivity contribution in [3.63, 3.8) is 0 Å². The summed E-state index contributed by atoms with van der Waals surface area (Å²) < 4.78 is 23.6. The molecule has 0 aliphatic carbocycles. The molecule has 0 spiro atoms. The van der Waals surface area contributed by atoms with Gasteiger partial charge in [-0.1, -0.05) is 60.7 Å². The number of piperazine rings is 1. The van der Waals surface area contributed by atoms with Crippen molar-refractivity contribution in [1.29, 1.82) is 0 Å². The average Bonchev–Trinajstić information content (AvgIpc) is 3.07. The van der Waals surface area contributed by atoms with Crippen molar-refractivity contribution in [1.82, 2.24) is 19.6 Å². The molecule has 2 saturated heterocycles. The van der Waals surface area contributed by atoms with Crippen molar-refractivity contribution < 1.29 is 18.0 Å². The van der Waals surface area contributed by atoms with E-state index in [0.29, 0.717) is 19.6 Å². The summed E-state index contributed by atoms with van der Waals surface area (Å²) in [5.74, 6) is 0.0915. The van der Waals surface area contributed by atoms with Crippen molar-refractivity contribution in [2.75, 3.05) is 63.9 Å². The maximum Gasteiger partial charge on any atom is 0.321 e. The molecule has 3 aromatic carbocycles. The third kappa shape index (κ3) is 8.96. The number of carbonyl (C=O) groups excluding carboxylic acids is 2. The first kappa shape index (κ1) is 33.6. The molecular weight excluding hydrogens is 598 g/mol. The third-order valence-corrected chi connectivity index (χ3v) is 10.5. The van der Waals surface area contributed by atoms with E-state index in [0.717, 1.165) is 63.2 Å². The molecule has 5 rings (SSSR count). The Labute approximate surface area is 274 Å². The highest BCUT2D eigenvalue weighted by atomic mass is 32.2. The summed E-state index contributed by atoms with van der Waals surface area (Å²) in [5.41, 5.74) is 2.96. The zero-order valence-corrected chi connectivity index (χ0v) is 27.9. The van der Waals surface area contributed by atoms with Crippen LogP contribution in [0.25, 0.3) is 0 Å². The highest BCUT2D eigenvalue weighted by Crippen LogP contribution is 2.27. The summed E-state index contributed by atoms with van der Waals surface area (Å²) in [4.78, 5) is 35.4. The van der Waals surface area contributed by atoms with Gasteiger partial charge in [0.2, 0.25) is 5.91 Å². The van der Waals surface area contributed by atoms with Gasteiger partial charge in [0.25, 0.3) is 0 Å². The molecule has 9 nitrogen and oxygen atoms in total. The van der Waals surface area contributed by atoms with E-state index in [9.17, 15) is 18.0 Å². The van der Waals surface area contributed by atoms with Gasteiger partial charge in [-0.2, -0.15) is 0 Å². The van der Waals surface area contributed by atoms with Gasteiger partial charge in [0, 0.05) is 69.8 Å². The molecule has 10 heteroatoms. The van der Waals surface area contributed by atoms with E-state index in [1.54, 1.807) is 24.3 Å². The van der Waals surface area contributed by atoms with Crippen LogP contribution in [-0.4, -0.2) is 105 Å². The number of nitrogens with one attached hydrogen (secondary N) is 1. The fourth-order valence-electron chi connectivity index (χ4n) is 6.72. The third-order valence-electron chi connectivity index (χ3n) is 9.34. The number of rotatable bonds is 11. The van der Waals surface area contributed by atoms with Gasteiger partial charge in [0.15, 0.2) is 9.84 Å². The Balaban J connectivity index is 1.12. The van der Waals surface area contributed by atoms with Gasteiger partial charge in [0.1, 0.15) is 0 Å². The van der Waals surface area contributed by atoms with Gasteiger partial charge < -0.3 is 20.0 Å². The number of anilines is 1. The molecule has 2 heterocycles. The highest BCUT2D eigenvalue weighted by Gasteiger charge is 2.30. The average molecular weight is 646 g/mol. The fraction of sp³-hybridized carbons (Fsp3) is 0.444. The molecule has 46 heavy (non-hydrogen) atoms. The first-order valence-electron chi connectivity index (χ1n) is 16.4. The quantitative estimate of drug-likeness (QED) is 0.318. The minimum atomic E-state index is -3.26. The van der Waals surface area contributed by atoms with Crippen LogP contribution in [0.15, 0.2) is 89.8 Å². The number of urea groups is 1. The Bertz CT molecular complexity index is 1520. The van der Waals surface area contributed by atoms with Crippen LogP contribution in [0.4, 0.5) is 10.5 Å². The Hall–Kier alpha value is -3.73. The molecule has 2 aliphatic heterocycles. The maximum atomic E-state index is 13.3. The maximum absolute atomic E-state index is 13.3. The van der Waals surface area contributed by atoms with Gasteiger partial charge in [-0.05, 0) is 68.1 Å². The number of amides is 3. The van der Waals surface area contributed by atoms with Crippen molar-refractivity contribution in [2.24, 2.45) is 0 Å². The Morgan fingerprint density at radius 1 is 0.848 bits per heavy atom. The molecule has 0 saturated carbocycles. The lowest BCUT2D eigenvalue weighted by Crippen LogP contribution is -2.51. The van der Waals surface area contributed by atoms with E-state index < -0.39 is 9.84 Å². The molecule has 1 atom stereocenters. The highest BCUT2D eigenvalue weighted by molar-refractivity contribution is 7.90. The molecule has 2 aliphatic rings. The topological polar surface area (TPSA) is 93.3 Å². The number of para-hydroxylation sites is 1. The standard InChI is InChI=1S/C36H47N5O4S/c1-3-41(35(42)28-29-14-16-33(17-15-29)46(2,44)45)32-18-21-38(22-19-32)23-20-34(30-10-6-4-7-11-30)39-24-26-40(27-25-39)36(43)37-31-12-8-5-9-13-31/h4-17,32,34H,3,18-28H2,1-2H3,(H,37,43). The number of likely N-dealkylation sites (tertiary alicyclic amines) is 1. The van der Waals surface area contributed by atoms with E-state index >= 15 is 0 Å². The normalized spacial score (nSPS) is 17.4. The molecule has 1 N–H and O–H groups in total. The van der Waals surface area contributed by atoms with Gasteiger partial charge >= 0.3 is 6.03 Å². The summed E-state index contributed by atoms with van der Waals surface area (Å²) in [6, 6.07) is 27.4. The predicted octanol–water partition coefficient (Wildman–Crippen LogP) is 4.93. The van der Waals surface area contributed by atoms with E-state index in [-0.39, 0.29) is 35.3 Å². The minimum Gasteiger partial charge on any atom is -0.340 e. The van der Waals surface area contributed by atoms with Crippen LogP contribution in [0.2, 0.25) is 0 Å². The fourth-order valence-corrected chi connectivity index (χ4v) is 7.35. The molecule has 246 valence electrons. The summed E-state index contributed by atoms with van der Waals surface area (Å²) >= 11 is 0. The number of benzene rings is 3. The number of hydrogen-bond acceptors (Lipinski definition) is 6. The van der Waals surface area contributed by atoms with E-state index in [4.69, 9.17) is 0 Å². The van der Waals surface area contributed by atoms with Crippen molar-refractivity contribution in [3.8, 4) is 0 Å². The van der Waals surface area contributed by atoms with Crippen molar-refractivity contribution in [2.45, 2.75) is 49.6 Å². The van der Waals surface area contributed by atoms with E-state index in [1.807, 2.05) is 47.1 Å². The Morgan fingerprint density at radius 3 is 2.04 bits per heavy atom. The number of hydrogen-bond donors (Lipinski definition) is 1. The molecule has 3 amide bonds. The van der Waals surface area contributed by atoms with Crippen LogP contribution in [0.1, 0.15) is 43.4 Å². The van der Waals surface area contributed by atoms with Crippen LogP contribution < -0.4 is 5.32 Å². The lowest BCUT2D eigenvalue weighted by atomic mass is 9.98. The molecular formula is C36H47N5O4S. The Kier molecular flexibility index (Phi) is 11.5. The summed E-state index contributed by atoms with van der Waals surface area (Å²) in [6.45, 7) is 8.62. The van der Waals surface area contributed by atoms with Gasteiger partial charge in [0.05, 0.1) is 11.3 Å². The van der Waals surface area contributed by atoms with Crippen LogP contribution in [0.3, 0.4) is 0 Å². The van der Waals surface area contributed by atoms with Crippen LogP contribution in [0, 0.1) is 0 Å². The second kappa shape index (κ2) is 15.7. The number of piperidine rings is 1. The smallest absolute Gasteiger partial charge is 0.321 e. The Morgan fingerprint density at radius 2 is 1.46 bits per heavy atom. The van der Waals surface area contributed by atoms with Crippen molar-refractivity contribution >= 4 is 27.5 Å². The van der Waals surface area contributed by atoms with E-state index in [1.165, 1.54) is 11.8 Å². The summed E-state index contributed by atoms with van der Waals surface area (Å²) in [5, 5.41) is 3.01. The first-order valence-corrected chi connectivity index (χ1v) is 18.3. The van der Waals surface area contributed by atoms with Crippen LogP contribution in [-0.2, 0) is 21.1 Å². The number of nitrogens with zero attached hydrogens (tertiary/aromatic N) is 4. The lowest BCUT2D eigenvalue weighted by Gasteiger charge is -2.41. The largest absolute Gasteiger partial charge is 0.340 e. The van der Waals surface area contributed by atoms with Crippen LogP contribution >= 0.6 is 0 Å². The number of carbonyl (C=O) groups is 2. The lowest BCUT2D eigenvalue weighted by molar-refractivity contribution is -0.133. The second-order valence-corrected chi connectivity index (χ2v) is 14.4. The van der Waals surface area contributed by atoms with Gasteiger partial charge in [-0.3, -0.25) is 9.69 Å². The minimum absolute atomic E-state index is 0.0468. The zero-order chi connectivity index (χ0) is 32.5. The molecule has 2 fully saturated rings. The number of sulfone groups is 1.